The highest BCUT2D eigenvalue weighted by Crippen LogP contribution is 2.43. The van der Waals surface area contributed by atoms with Crippen LogP contribution >= 0.6 is 0 Å². The Bertz CT molecular complexity index is 166. The number of hydrogen-bond donors (Lipinski definition) is 3. The molecule has 12 heavy (non-hydrogen) atoms. The van der Waals surface area contributed by atoms with Gasteiger partial charge >= 0.3 is 0 Å². The molecule has 1 spiro atoms. The molecule has 0 radical (unpaired) electrons. The average Bonchev–Trinajstić information content (AvgIpc) is 2.29. The van der Waals surface area contributed by atoms with E-state index in [1.807, 2.05) is 0 Å². The van der Waals surface area contributed by atoms with Gasteiger partial charge in [-0.2, -0.15) is 0 Å². The molecule has 1 saturated heterocycles. The van der Waals surface area contributed by atoms with Crippen LogP contribution in [0.15, 0.2) is 0 Å². The van der Waals surface area contributed by atoms with Gasteiger partial charge in [-0.25, -0.2) is 0 Å². The average molecular weight is 170 g/mol. The van der Waals surface area contributed by atoms with Crippen molar-refractivity contribution in [2.45, 2.75) is 37.8 Å². The summed E-state index contributed by atoms with van der Waals surface area (Å²) in [5.41, 5.74) is 6.32. The Hall–Kier alpha value is -0.120. The number of hydrogen-bond acceptors (Lipinski definition) is 3. The minimum Gasteiger partial charge on any atom is -0.393 e. The summed E-state index contributed by atoms with van der Waals surface area (Å²) in [6.45, 7) is 2.14. The van der Waals surface area contributed by atoms with E-state index in [9.17, 15) is 5.11 Å². The largest absolute Gasteiger partial charge is 0.393 e. The van der Waals surface area contributed by atoms with Crippen molar-refractivity contribution in [1.82, 2.24) is 5.32 Å². The molecule has 0 amide bonds. The molecule has 1 heterocycles. The van der Waals surface area contributed by atoms with Crippen LogP contribution in [0, 0.1) is 5.41 Å². The molecule has 0 unspecified atom stereocenters. The first kappa shape index (κ1) is 8.48. The fourth-order valence-corrected chi connectivity index (χ4v) is 2.75. The van der Waals surface area contributed by atoms with Gasteiger partial charge in [0.15, 0.2) is 0 Å². The fourth-order valence-electron chi connectivity index (χ4n) is 2.75. The van der Waals surface area contributed by atoms with Gasteiger partial charge < -0.3 is 16.2 Å². The summed E-state index contributed by atoms with van der Waals surface area (Å²) in [7, 11) is 0. The number of piperidine rings is 1. The maximum Gasteiger partial charge on any atom is 0.0561 e. The first-order valence-electron chi connectivity index (χ1n) is 4.87. The molecular formula is C9H18N2O. The maximum atomic E-state index is 9.52. The standard InChI is InChI=1S/C9H18N2O/c10-8-5-7(12)6-9(8)1-3-11-4-2-9/h7-8,11-12H,1-6,10H2/t7-,8-/m1/s1. The van der Waals surface area contributed by atoms with Gasteiger partial charge in [0.25, 0.3) is 0 Å². The van der Waals surface area contributed by atoms with Crippen molar-refractivity contribution in [3.8, 4) is 0 Å². The third-order valence-electron chi connectivity index (χ3n) is 3.55. The Morgan fingerprint density at radius 3 is 2.50 bits per heavy atom. The van der Waals surface area contributed by atoms with Crippen LogP contribution in [0.5, 0.6) is 0 Å². The third kappa shape index (κ3) is 1.26. The van der Waals surface area contributed by atoms with Crippen molar-refractivity contribution in [2.75, 3.05) is 13.1 Å². The fraction of sp³-hybridized carbons (Fsp3) is 1.00. The molecule has 0 aromatic carbocycles. The topological polar surface area (TPSA) is 58.3 Å². The Morgan fingerprint density at radius 1 is 1.33 bits per heavy atom. The molecule has 70 valence electrons. The Kier molecular flexibility index (Phi) is 2.10. The molecule has 0 aromatic heterocycles. The Labute approximate surface area is 73.3 Å². The quantitative estimate of drug-likeness (QED) is 0.473. The minimum absolute atomic E-state index is 0.141. The van der Waals surface area contributed by atoms with Gasteiger partial charge in [0.1, 0.15) is 0 Å². The van der Waals surface area contributed by atoms with E-state index < -0.39 is 0 Å². The molecule has 0 aromatic rings. The number of aliphatic hydroxyl groups is 1. The maximum absolute atomic E-state index is 9.52. The second-order valence-corrected chi connectivity index (χ2v) is 4.31. The van der Waals surface area contributed by atoms with Crippen LogP contribution in [-0.2, 0) is 0 Å². The summed E-state index contributed by atoms with van der Waals surface area (Å²) in [6.07, 6.45) is 3.88. The summed E-state index contributed by atoms with van der Waals surface area (Å²) in [6, 6.07) is 0.231. The molecule has 1 aliphatic carbocycles. The molecule has 1 saturated carbocycles. The van der Waals surface area contributed by atoms with E-state index in [2.05, 4.69) is 5.32 Å². The molecule has 1 aliphatic heterocycles. The van der Waals surface area contributed by atoms with Crippen molar-refractivity contribution in [3.63, 3.8) is 0 Å². The van der Waals surface area contributed by atoms with Gasteiger partial charge in [0.05, 0.1) is 6.10 Å². The Morgan fingerprint density at radius 2 is 2.00 bits per heavy atom. The van der Waals surface area contributed by atoms with Crippen molar-refractivity contribution in [3.05, 3.63) is 0 Å². The van der Waals surface area contributed by atoms with E-state index in [0.29, 0.717) is 0 Å². The monoisotopic (exact) mass is 170 g/mol. The van der Waals surface area contributed by atoms with Gasteiger partial charge in [-0.15, -0.1) is 0 Å². The van der Waals surface area contributed by atoms with E-state index in [-0.39, 0.29) is 17.6 Å². The lowest BCUT2D eigenvalue weighted by molar-refractivity contribution is 0.135. The first-order valence-corrected chi connectivity index (χ1v) is 4.87. The van der Waals surface area contributed by atoms with Crippen LogP contribution in [0.4, 0.5) is 0 Å². The van der Waals surface area contributed by atoms with Crippen LogP contribution < -0.4 is 11.1 Å². The SMILES string of the molecule is N[C@@H]1C[C@@H](O)CC12CCNCC2. The van der Waals surface area contributed by atoms with E-state index in [4.69, 9.17) is 5.73 Å². The van der Waals surface area contributed by atoms with Crippen LogP contribution in [0.25, 0.3) is 0 Å². The molecule has 2 atom stereocenters. The zero-order chi connectivity index (χ0) is 8.60. The summed E-state index contributed by atoms with van der Waals surface area (Å²) >= 11 is 0. The van der Waals surface area contributed by atoms with Gasteiger partial charge in [-0.1, -0.05) is 0 Å². The lowest BCUT2D eigenvalue weighted by Crippen LogP contribution is -2.45. The summed E-state index contributed by atoms with van der Waals surface area (Å²) < 4.78 is 0. The highest BCUT2D eigenvalue weighted by Gasteiger charge is 2.45. The zero-order valence-electron chi connectivity index (χ0n) is 7.42. The highest BCUT2D eigenvalue weighted by atomic mass is 16.3. The normalized spacial score (nSPS) is 40.5. The van der Waals surface area contributed by atoms with Gasteiger partial charge in [-0.05, 0) is 44.2 Å². The summed E-state index contributed by atoms with van der Waals surface area (Å²) in [5, 5.41) is 12.9. The van der Waals surface area contributed by atoms with Crippen LogP contribution in [0.3, 0.4) is 0 Å². The Balaban J connectivity index is 2.08. The van der Waals surface area contributed by atoms with Crippen molar-refractivity contribution in [2.24, 2.45) is 11.1 Å². The van der Waals surface area contributed by atoms with Crippen LogP contribution in [0.2, 0.25) is 0 Å². The second-order valence-electron chi connectivity index (χ2n) is 4.31. The third-order valence-corrected chi connectivity index (χ3v) is 3.55. The highest BCUT2D eigenvalue weighted by molar-refractivity contribution is 5.00. The van der Waals surface area contributed by atoms with Crippen molar-refractivity contribution >= 4 is 0 Å². The molecule has 2 rings (SSSR count). The zero-order valence-corrected chi connectivity index (χ0v) is 7.42. The molecule has 2 fully saturated rings. The predicted octanol–water partition coefficient (Wildman–Crippen LogP) is -0.162. The van der Waals surface area contributed by atoms with Gasteiger partial charge in [-0.3, -0.25) is 0 Å². The minimum atomic E-state index is -0.141. The van der Waals surface area contributed by atoms with Crippen molar-refractivity contribution in [1.29, 1.82) is 0 Å². The molecule has 3 nitrogen and oxygen atoms in total. The molecular weight excluding hydrogens is 152 g/mol. The molecule has 4 N–H and O–H groups in total. The second kappa shape index (κ2) is 2.98. The van der Waals surface area contributed by atoms with E-state index in [1.54, 1.807) is 0 Å². The van der Waals surface area contributed by atoms with Crippen molar-refractivity contribution < 1.29 is 5.11 Å². The van der Waals surface area contributed by atoms with E-state index in [1.165, 1.54) is 0 Å². The summed E-state index contributed by atoms with van der Waals surface area (Å²) in [4.78, 5) is 0. The molecule has 3 heteroatoms. The van der Waals surface area contributed by atoms with Gasteiger partial charge in [0.2, 0.25) is 0 Å². The summed E-state index contributed by atoms with van der Waals surface area (Å²) in [5.74, 6) is 0. The number of nitrogens with two attached hydrogens (primary N) is 1. The lowest BCUT2D eigenvalue weighted by Gasteiger charge is -2.37. The first-order chi connectivity index (χ1) is 5.73. The van der Waals surface area contributed by atoms with E-state index >= 15 is 0 Å². The van der Waals surface area contributed by atoms with E-state index in [0.717, 1.165) is 38.8 Å². The predicted molar refractivity (Wildman–Crippen MR) is 47.8 cm³/mol. The van der Waals surface area contributed by atoms with Gasteiger partial charge in [0, 0.05) is 6.04 Å². The molecule has 0 bridgehead atoms. The smallest absolute Gasteiger partial charge is 0.0561 e. The van der Waals surface area contributed by atoms with Crippen LogP contribution in [0.1, 0.15) is 25.7 Å². The molecule has 2 aliphatic rings. The number of aliphatic hydroxyl groups excluding tert-OH is 1. The number of nitrogens with one attached hydrogen (secondary N) is 1. The lowest BCUT2D eigenvalue weighted by atomic mass is 9.75. The van der Waals surface area contributed by atoms with Crippen LogP contribution in [-0.4, -0.2) is 30.3 Å². The number of rotatable bonds is 0.